The van der Waals surface area contributed by atoms with Gasteiger partial charge in [-0.2, -0.15) is 5.26 Å². The second-order valence-electron chi connectivity index (χ2n) is 6.77. The Morgan fingerprint density at radius 1 is 1.04 bits per heavy atom. The van der Waals surface area contributed by atoms with Gasteiger partial charge in [0.1, 0.15) is 5.60 Å². The molecule has 2 rings (SSSR count). The van der Waals surface area contributed by atoms with Gasteiger partial charge in [0, 0.05) is 5.56 Å². The quantitative estimate of drug-likeness (QED) is 0.853. The summed E-state index contributed by atoms with van der Waals surface area (Å²) in [4.78, 5) is 24.5. The Labute approximate surface area is 152 Å². The molecule has 0 aliphatic heterocycles. The Kier molecular flexibility index (Phi) is 5.63. The lowest BCUT2D eigenvalue weighted by Gasteiger charge is -2.20. The smallest absolute Gasteiger partial charge is 0.412 e. The van der Waals surface area contributed by atoms with Gasteiger partial charge in [0.15, 0.2) is 0 Å². The van der Waals surface area contributed by atoms with Crippen molar-refractivity contribution in [2.45, 2.75) is 33.3 Å². The van der Waals surface area contributed by atoms with Crippen LogP contribution in [0.1, 0.15) is 42.3 Å². The van der Waals surface area contributed by atoms with E-state index in [-0.39, 0.29) is 5.91 Å². The Balaban J connectivity index is 2.17. The summed E-state index contributed by atoms with van der Waals surface area (Å²) in [6, 6.07) is 13.8. The molecule has 0 unspecified atom stereocenters. The largest absolute Gasteiger partial charge is 0.444 e. The number of ether oxygens (including phenoxy) is 1. The highest BCUT2D eigenvalue weighted by molar-refractivity contribution is 6.07. The van der Waals surface area contributed by atoms with Gasteiger partial charge < -0.3 is 10.1 Å². The van der Waals surface area contributed by atoms with Gasteiger partial charge >= 0.3 is 6.09 Å². The Morgan fingerprint density at radius 3 is 2.19 bits per heavy atom. The van der Waals surface area contributed by atoms with Crippen LogP contribution in [0.4, 0.5) is 16.2 Å². The van der Waals surface area contributed by atoms with Crippen LogP contribution < -0.4 is 10.6 Å². The number of hydrogen-bond acceptors (Lipinski definition) is 4. The molecule has 0 aliphatic carbocycles. The first-order chi connectivity index (χ1) is 12.2. The summed E-state index contributed by atoms with van der Waals surface area (Å²) < 4.78 is 5.23. The lowest BCUT2D eigenvalue weighted by atomic mass is 10.1. The molecule has 0 spiro atoms. The predicted octanol–water partition coefficient (Wildman–Crippen LogP) is 4.47. The molecule has 2 aromatic carbocycles. The minimum Gasteiger partial charge on any atom is -0.444 e. The average molecular weight is 351 g/mol. The van der Waals surface area contributed by atoms with Gasteiger partial charge in [0.2, 0.25) is 0 Å². The second kappa shape index (κ2) is 7.70. The van der Waals surface area contributed by atoms with Gasteiger partial charge in [-0.1, -0.05) is 12.1 Å². The number of aryl methyl sites for hydroxylation is 1. The van der Waals surface area contributed by atoms with E-state index >= 15 is 0 Å². The van der Waals surface area contributed by atoms with E-state index < -0.39 is 11.7 Å². The van der Waals surface area contributed by atoms with E-state index in [1.165, 1.54) is 0 Å². The minimum atomic E-state index is -0.623. The number of nitriles is 1. The fourth-order valence-electron chi connectivity index (χ4n) is 2.24. The van der Waals surface area contributed by atoms with Crippen molar-refractivity contribution in [3.05, 3.63) is 59.2 Å². The number of carbonyl (C=O) groups is 2. The molecule has 2 amide bonds. The summed E-state index contributed by atoms with van der Waals surface area (Å²) in [5, 5.41) is 14.4. The maximum absolute atomic E-state index is 12.5. The summed E-state index contributed by atoms with van der Waals surface area (Å²) in [7, 11) is 0. The van der Waals surface area contributed by atoms with E-state index in [9.17, 15) is 9.59 Å². The van der Waals surface area contributed by atoms with Gasteiger partial charge in [-0.15, -0.1) is 0 Å². The standard InChI is InChI=1S/C20H21N3O3/c1-13-11-14(9-10-15(13)12-21)18(24)22-16-7-5-6-8-17(16)23-19(25)26-20(2,3)4/h5-11H,1-4H3,(H,22,24)(H,23,25). The maximum Gasteiger partial charge on any atom is 0.412 e. The normalized spacial score (nSPS) is 10.6. The molecule has 2 N–H and O–H groups in total. The lowest BCUT2D eigenvalue weighted by molar-refractivity contribution is 0.0635. The van der Waals surface area contributed by atoms with Crippen LogP contribution in [0, 0.1) is 18.3 Å². The third-order valence-electron chi connectivity index (χ3n) is 3.42. The number of para-hydroxylation sites is 2. The highest BCUT2D eigenvalue weighted by Crippen LogP contribution is 2.23. The van der Waals surface area contributed by atoms with Crippen molar-refractivity contribution >= 4 is 23.4 Å². The topological polar surface area (TPSA) is 91.2 Å². The first-order valence-electron chi connectivity index (χ1n) is 8.11. The molecule has 6 nitrogen and oxygen atoms in total. The van der Waals surface area contributed by atoms with Gasteiger partial charge in [-0.25, -0.2) is 4.79 Å². The van der Waals surface area contributed by atoms with E-state index in [0.29, 0.717) is 22.5 Å². The highest BCUT2D eigenvalue weighted by Gasteiger charge is 2.18. The molecule has 0 heterocycles. The monoisotopic (exact) mass is 351 g/mol. The van der Waals surface area contributed by atoms with Crippen LogP contribution in [-0.4, -0.2) is 17.6 Å². The van der Waals surface area contributed by atoms with Crippen LogP contribution in [0.3, 0.4) is 0 Å². The number of amides is 2. The first-order valence-corrected chi connectivity index (χ1v) is 8.11. The van der Waals surface area contributed by atoms with E-state index in [4.69, 9.17) is 10.00 Å². The van der Waals surface area contributed by atoms with Gasteiger partial charge in [-0.05, 0) is 63.6 Å². The van der Waals surface area contributed by atoms with E-state index in [2.05, 4.69) is 16.7 Å². The van der Waals surface area contributed by atoms with Crippen LogP contribution in [0.25, 0.3) is 0 Å². The van der Waals surface area contributed by atoms with E-state index in [0.717, 1.165) is 5.56 Å². The zero-order valence-corrected chi connectivity index (χ0v) is 15.2. The molecule has 0 bridgehead atoms. The number of nitrogens with one attached hydrogen (secondary N) is 2. The van der Waals surface area contributed by atoms with E-state index in [1.807, 2.05) is 0 Å². The third-order valence-corrected chi connectivity index (χ3v) is 3.42. The SMILES string of the molecule is Cc1cc(C(=O)Nc2ccccc2NC(=O)OC(C)(C)C)ccc1C#N. The number of carbonyl (C=O) groups excluding carboxylic acids is 2. The molecule has 26 heavy (non-hydrogen) atoms. The fourth-order valence-corrected chi connectivity index (χ4v) is 2.24. The zero-order valence-electron chi connectivity index (χ0n) is 15.2. The number of anilines is 2. The fraction of sp³-hybridized carbons (Fsp3) is 0.250. The number of nitrogens with zero attached hydrogens (tertiary/aromatic N) is 1. The van der Waals surface area contributed by atoms with Crippen molar-refractivity contribution in [3.63, 3.8) is 0 Å². The van der Waals surface area contributed by atoms with Gasteiger partial charge in [0.05, 0.1) is 23.0 Å². The molecule has 0 radical (unpaired) electrons. The molecule has 2 aromatic rings. The van der Waals surface area contributed by atoms with Gasteiger partial charge in [-0.3, -0.25) is 10.1 Å². The van der Waals surface area contributed by atoms with Crippen LogP contribution >= 0.6 is 0 Å². The average Bonchev–Trinajstić information content (AvgIpc) is 2.54. The second-order valence-corrected chi connectivity index (χ2v) is 6.77. The van der Waals surface area contributed by atoms with Crippen LogP contribution in [-0.2, 0) is 4.74 Å². The first kappa shape index (κ1) is 19.0. The molecule has 0 aliphatic rings. The molecule has 0 fully saturated rings. The highest BCUT2D eigenvalue weighted by atomic mass is 16.6. The van der Waals surface area contributed by atoms with Crippen molar-refractivity contribution < 1.29 is 14.3 Å². The van der Waals surface area contributed by atoms with E-state index in [1.54, 1.807) is 70.2 Å². The van der Waals surface area contributed by atoms with Crippen molar-refractivity contribution in [2.24, 2.45) is 0 Å². The molecule has 0 saturated heterocycles. The predicted molar refractivity (Wildman–Crippen MR) is 100 cm³/mol. The minimum absolute atomic E-state index is 0.337. The Bertz CT molecular complexity index is 877. The Morgan fingerprint density at radius 2 is 1.65 bits per heavy atom. The van der Waals surface area contributed by atoms with Crippen molar-refractivity contribution in [2.75, 3.05) is 10.6 Å². The summed E-state index contributed by atoms with van der Waals surface area (Å²) in [5.74, 6) is -0.337. The number of hydrogen-bond donors (Lipinski definition) is 2. The molecular formula is C20H21N3O3. The summed E-state index contributed by atoms with van der Waals surface area (Å²) in [6.45, 7) is 7.09. The van der Waals surface area contributed by atoms with Crippen molar-refractivity contribution in [3.8, 4) is 6.07 Å². The van der Waals surface area contributed by atoms with Crippen LogP contribution in [0.15, 0.2) is 42.5 Å². The summed E-state index contributed by atoms with van der Waals surface area (Å²) in [5.41, 5.74) is 1.93. The molecule has 6 heteroatoms. The zero-order chi connectivity index (χ0) is 19.3. The molecule has 0 atom stereocenters. The van der Waals surface area contributed by atoms with Crippen molar-refractivity contribution in [1.29, 1.82) is 5.26 Å². The lowest BCUT2D eigenvalue weighted by Crippen LogP contribution is -2.27. The maximum atomic E-state index is 12.5. The summed E-state index contributed by atoms with van der Waals surface area (Å²) in [6.07, 6.45) is -0.603. The molecule has 134 valence electrons. The number of rotatable bonds is 3. The van der Waals surface area contributed by atoms with Crippen LogP contribution in [0.2, 0.25) is 0 Å². The summed E-state index contributed by atoms with van der Waals surface area (Å²) >= 11 is 0. The third kappa shape index (κ3) is 5.08. The van der Waals surface area contributed by atoms with Crippen molar-refractivity contribution in [1.82, 2.24) is 0 Å². The molecule has 0 saturated carbocycles. The molecule has 0 aromatic heterocycles. The molecular weight excluding hydrogens is 330 g/mol. The van der Waals surface area contributed by atoms with Crippen LogP contribution in [0.5, 0.6) is 0 Å². The van der Waals surface area contributed by atoms with Gasteiger partial charge in [0.25, 0.3) is 5.91 Å². The Hall–Kier alpha value is -3.33. The number of benzene rings is 2.